The van der Waals surface area contributed by atoms with Crippen molar-refractivity contribution in [1.82, 2.24) is 4.72 Å². The minimum atomic E-state index is -3.66. The number of esters is 1. The number of aryl methyl sites for hydroxylation is 1. The van der Waals surface area contributed by atoms with Gasteiger partial charge in [-0.05, 0) is 30.7 Å². The molecule has 0 atom stereocenters. The average Bonchev–Trinajstić information content (AvgIpc) is 2.58. The van der Waals surface area contributed by atoms with Crippen LogP contribution >= 0.6 is 23.2 Å². The van der Waals surface area contributed by atoms with Gasteiger partial charge in [-0.1, -0.05) is 59.1 Å². The molecule has 0 aliphatic rings. The number of ether oxygens (including phenoxy) is 1. The molecule has 5 nitrogen and oxygen atoms in total. The predicted molar refractivity (Wildman–Crippen MR) is 104 cm³/mol. The summed E-state index contributed by atoms with van der Waals surface area (Å²) in [5, 5.41) is 1.44. The van der Waals surface area contributed by atoms with E-state index in [2.05, 4.69) is 4.72 Å². The lowest BCUT2D eigenvalue weighted by atomic mass is 10.2. The van der Waals surface area contributed by atoms with Gasteiger partial charge in [-0.15, -0.1) is 0 Å². The van der Waals surface area contributed by atoms with Crippen molar-refractivity contribution in [2.75, 3.05) is 6.54 Å². The molecule has 0 bridgehead atoms. The Kier molecular flexibility index (Phi) is 7.23. The smallest absolute Gasteiger partial charge is 0.312 e. The second-order valence-electron chi connectivity index (χ2n) is 5.43. The monoisotopic (exact) mass is 413 g/mol. The molecule has 0 spiro atoms. The number of hydrogen-bond donors (Lipinski definition) is 1. The summed E-state index contributed by atoms with van der Waals surface area (Å²) in [6.07, 6.45) is 1.33. The Labute approximate surface area is 162 Å². The van der Waals surface area contributed by atoms with E-state index in [1.807, 2.05) is 31.2 Å². The van der Waals surface area contributed by atoms with Crippen molar-refractivity contribution in [1.29, 1.82) is 0 Å². The molecule has 0 unspecified atom stereocenters. The molecule has 0 radical (unpaired) electrons. The normalized spacial score (nSPS) is 11.7. The van der Waals surface area contributed by atoms with Crippen LogP contribution in [0.2, 0.25) is 10.0 Å². The maximum Gasteiger partial charge on any atom is 0.312 e. The third-order valence-corrected chi connectivity index (χ3v) is 5.19. The minimum Gasteiger partial charge on any atom is -0.425 e. The van der Waals surface area contributed by atoms with Crippen molar-refractivity contribution in [2.45, 2.75) is 13.3 Å². The molecule has 0 aliphatic carbocycles. The summed E-state index contributed by atoms with van der Waals surface area (Å²) in [4.78, 5) is 11.8. The third-order valence-electron chi connectivity index (χ3n) is 3.29. The number of hydrogen-bond acceptors (Lipinski definition) is 4. The van der Waals surface area contributed by atoms with Gasteiger partial charge >= 0.3 is 5.97 Å². The number of carbonyl (C=O) groups excluding carboxylic acids is 1. The molecule has 2 rings (SSSR count). The van der Waals surface area contributed by atoms with E-state index in [1.54, 1.807) is 12.1 Å². The molecule has 0 aliphatic heterocycles. The number of rotatable bonds is 7. The van der Waals surface area contributed by atoms with Gasteiger partial charge in [0.15, 0.2) is 5.75 Å². The lowest BCUT2D eigenvalue weighted by Crippen LogP contribution is -2.25. The number of sulfonamides is 1. The number of carbonyl (C=O) groups is 1. The highest BCUT2D eigenvalue weighted by Crippen LogP contribution is 2.31. The molecule has 0 saturated heterocycles. The summed E-state index contributed by atoms with van der Waals surface area (Å²) < 4.78 is 31.2. The van der Waals surface area contributed by atoms with Gasteiger partial charge in [-0.3, -0.25) is 4.79 Å². The fraction of sp³-hybridized carbons (Fsp3) is 0.167. The Morgan fingerprint density at radius 1 is 1.15 bits per heavy atom. The van der Waals surface area contributed by atoms with Gasteiger partial charge in [0.2, 0.25) is 10.0 Å². The summed E-state index contributed by atoms with van der Waals surface area (Å²) in [5.74, 6) is -0.495. The minimum absolute atomic E-state index is 0.0996. The van der Waals surface area contributed by atoms with E-state index in [0.717, 1.165) is 16.5 Å². The van der Waals surface area contributed by atoms with Crippen LogP contribution in [-0.4, -0.2) is 20.9 Å². The zero-order valence-electron chi connectivity index (χ0n) is 13.9. The molecule has 26 heavy (non-hydrogen) atoms. The highest BCUT2D eigenvalue weighted by molar-refractivity contribution is 7.92. The van der Waals surface area contributed by atoms with Crippen molar-refractivity contribution in [3.63, 3.8) is 0 Å². The summed E-state index contributed by atoms with van der Waals surface area (Å²) >= 11 is 11.8. The SMILES string of the molecule is Cc1ccc(/C=C/S(=O)(=O)NCCC(=O)Oc2cccc(Cl)c2Cl)cc1. The van der Waals surface area contributed by atoms with Crippen LogP contribution in [0, 0.1) is 6.92 Å². The standard InChI is InChI=1S/C18H17Cl2NO4S/c1-13-5-7-14(8-6-13)10-12-26(23,24)21-11-9-17(22)25-16-4-2-3-15(19)18(16)20/h2-8,10,12,21H,9,11H2,1H3/b12-10+. The molecule has 0 saturated carbocycles. The van der Waals surface area contributed by atoms with Crippen LogP contribution in [0.4, 0.5) is 0 Å². The average molecular weight is 414 g/mol. The van der Waals surface area contributed by atoms with E-state index in [4.69, 9.17) is 27.9 Å². The third kappa shape index (κ3) is 6.46. The van der Waals surface area contributed by atoms with Gasteiger partial charge in [0.05, 0.1) is 11.4 Å². The number of halogens is 2. The summed E-state index contributed by atoms with van der Waals surface area (Å²) in [7, 11) is -3.66. The molecule has 2 aromatic rings. The van der Waals surface area contributed by atoms with Gasteiger partial charge in [0, 0.05) is 12.0 Å². The Hall–Kier alpha value is -1.86. The molecule has 1 N–H and O–H groups in total. The maximum absolute atomic E-state index is 11.9. The zero-order valence-corrected chi connectivity index (χ0v) is 16.2. The van der Waals surface area contributed by atoms with Crippen molar-refractivity contribution < 1.29 is 17.9 Å². The van der Waals surface area contributed by atoms with Crippen LogP contribution in [0.1, 0.15) is 17.5 Å². The van der Waals surface area contributed by atoms with Crippen LogP contribution in [0.15, 0.2) is 47.9 Å². The van der Waals surface area contributed by atoms with Crippen LogP contribution in [0.3, 0.4) is 0 Å². The Balaban J connectivity index is 1.84. The van der Waals surface area contributed by atoms with Crippen LogP contribution < -0.4 is 9.46 Å². The topological polar surface area (TPSA) is 72.5 Å². The second kappa shape index (κ2) is 9.19. The van der Waals surface area contributed by atoms with Crippen LogP contribution in [-0.2, 0) is 14.8 Å². The highest BCUT2D eigenvalue weighted by Gasteiger charge is 2.12. The van der Waals surface area contributed by atoms with Crippen molar-refractivity contribution >= 4 is 45.3 Å². The molecule has 0 fully saturated rings. The first-order chi connectivity index (χ1) is 12.3. The number of benzene rings is 2. The lowest BCUT2D eigenvalue weighted by molar-refractivity contribution is -0.134. The van der Waals surface area contributed by atoms with E-state index in [1.165, 1.54) is 12.1 Å². The van der Waals surface area contributed by atoms with Crippen LogP contribution in [0.25, 0.3) is 6.08 Å². The van der Waals surface area contributed by atoms with E-state index < -0.39 is 16.0 Å². The van der Waals surface area contributed by atoms with Gasteiger partial charge < -0.3 is 4.74 Å². The van der Waals surface area contributed by atoms with E-state index in [9.17, 15) is 13.2 Å². The molecule has 138 valence electrons. The van der Waals surface area contributed by atoms with Gasteiger partial charge in [-0.2, -0.15) is 0 Å². The van der Waals surface area contributed by atoms with E-state index in [-0.39, 0.29) is 28.8 Å². The molecular formula is C18H17Cl2NO4S. The second-order valence-corrected chi connectivity index (χ2v) is 7.86. The first kappa shape index (κ1) is 20.5. The maximum atomic E-state index is 11.9. The first-order valence-corrected chi connectivity index (χ1v) is 9.96. The summed E-state index contributed by atoms with van der Waals surface area (Å²) in [5.41, 5.74) is 1.84. The summed E-state index contributed by atoms with van der Waals surface area (Å²) in [6, 6.07) is 12.1. The van der Waals surface area contributed by atoms with Crippen LogP contribution in [0.5, 0.6) is 5.75 Å². The molecule has 0 aromatic heterocycles. The molecular weight excluding hydrogens is 397 g/mol. The van der Waals surface area contributed by atoms with Crippen molar-refractivity contribution in [2.24, 2.45) is 0 Å². The lowest BCUT2D eigenvalue weighted by Gasteiger charge is -2.07. The quantitative estimate of drug-likeness (QED) is 0.545. The van der Waals surface area contributed by atoms with E-state index in [0.29, 0.717) is 0 Å². The van der Waals surface area contributed by atoms with Gasteiger partial charge in [-0.25, -0.2) is 13.1 Å². The number of nitrogens with one attached hydrogen (secondary N) is 1. The predicted octanol–water partition coefficient (Wildman–Crippen LogP) is 4.19. The molecule has 0 amide bonds. The zero-order chi connectivity index (χ0) is 19.2. The van der Waals surface area contributed by atoms with Crippen molar-refractivity contribution in [3.05, 3.63) is 69.0 Å². The Morgan fingerprint density at radius 3 is 2.54 bits per heavy atom. The first-order valence-electron chi connectivity index (χ1n) is 7.66. The van der Waals surface area contributed by atoms with Gasteiger partial charge in [0.25, 0.3) is 0 Å². The van der Waals surface area contributed by atoms with Crippen molar-refractivity contribution in [3.8, 4) is 5.75 Å². The van der Waals surface area contributed by atoms with Gasteiger partial charge in [0.1, 0.15) is 5.02 Å². The Bertz CT molecular complexity index is 909. The molecule has 2 aromatic carbocycles. The molecule has 0 heterocycles. The molecule has 8 heteroatoms. The largest absolute Gasteiger partial charge is 0.425 e. The fourth-order valence-corrected chi connectivity index (χ4v) is 3.08. The summed E-state index contributed by atoms with van der Waals surface area (Å²) in [6.45, 7) is 1.85. The fourth-order valence-electron chi connectivity index (χ4n) is 1.93. The Morgan fingerprint density at radius 2 is 1.85 bits per heavy atom. The highest BCUT2D eigenvalue weighted by atomic mass is 35.5. The van der Waals surface area contributed by atoms with E-state index >= 15 is 0 Å².